The molecule has 0 bridgehead atoms. The van der Waals surface area contributed by atoms with Crippen molar-refractivity contribution in [3.63, 3.8) is 0 Å². The summed E-state index contributed by atoms with van der Waals surface area (Å²) in [5, 5.41) is 12.5. The zero-order valence-corrected chi connectivity index (χ0v) is 17.8. The van der Waals surface area contributed by atoms with Crippen molar-refractivity contribution in [1.82, 2.24) is 5.32 Å². The van der Waals surface area contributed by atoms with E-state index in [1.165, 1.54) is 21.3 Å². The van der Waals surface area contributed by atoms with Gasteiger partial charge < -0.3 is 29.2 Å². The Morgan fingerprint density at radius 3 is 2.13 bits per heavy atom. The molecule has 0 aromatic heterocycles. The number of nitriles is 1. The molecule has 9 heteroatoms. The van der Waals surface area contributed by atoms with Crippen LogP contribution in [-0.2, 0) is 4.79 Å². The van der Waals surface area contributed by atoms with E-state index in [0.29, 0.717) is 34.2 Å². The summed E-state index contributed by atoms with van der Waals surface area (Å²) in [6.07, 6.45) is -0.716. The van der Waals surface area contributed by atoms with Gasteiger partial charge in [0.2, 0.25) is 5.75 Å². The number of benzene rings is 2. The topological polar surface area (TPSA) is 93.1 Å². The summed E-state index contributed by atoms with van der Waals surface area (Å²) in [7, 11) is 6.08. The number of thiol groups is 1. The van der Waals surface area contributed by atoms with E-state index in [9.17, 15) is 10.1 Å². The summed E-state index contributed by atoms with van der Waals surface area (Å²) >= 11 is 4.51. The Labute approximate surface area is 180 Å². The zero-order chi connectivity index (χ0) is 21.8. The van der Waals surface area contributed by atoms with Crippen molar-refractivity contribution in [3.05, 3.63) is 52.6 Å². The lowest BCUT2D eigenvalue weighted by Gasteiger charge is -2.38. The highest BCUT2D eigenvalue weighted by molar-refractivity contribution is 7.84. The fourth-order valence-corrected chi connectivity index (χ4v) is 3.65. The molecular weight excluding hydrogens is 406 g/mol. The number of rotatable bonds is 6. The summed E-state index contributed by atoms with van der Waals surface area (Å²) in [5.41, 5.74) is 1.15. The summed E-state index contributed by atoms with van der Waals surface area (Å²) in [5.74, 6) is 1.30. The quantitative estimate of drug-likeness (QED) is 0.685. The molecule has 2 aromatic rings. The number of nitrogens with zero attached hydrogens (tertiary/aromatic N) is 2. The number of carbonyl (C=O) groups excluding carboxylic acids is 1. The van der Waals surface area contributed by atoms with E-state index in [0.717, 1.165) is 0 Å². The molecule has 1 aliphatic heterocycles. The Morgan fingerprint density at radius 2 is 1.60 bits per heavy atom. The summed E-state index contributed by atoms with van der Waals surface area (Å²) in [6.45, 7) is 0. The molecule has 30 heavy (non-hydrogen) atoms. The second-order valence-corrected chi connectivity index (χ2v) is 6.61. The van der Waals surface area contributed by atoms with Gasteiger partial charge in [0, 0.05) is 5.56 Å². The summed E-state index contributed by atoms with van der Waals surface area (Å²) < 4.78 is 21.8. The number of nitrogens with one attached hydrogen (secondary N) is 1. The van der Waals surface area contributed by atoms with Crippen LogP contribution in [0.4, 0.5) is 5.69 Å². The number of hydrogen-bond donors (Lipinski definition) is 2. The van der Waals surface area contributed by atoms with Gasteiger partial charge in [-0.2, -0.15) is 5.26 Å². The van der Waals surface area contributed by atoms with Crippen LogP contribution < -0.4 is 29.2 Å². The highest BCUT2D eigenvalue weighted by Gasteiger charge is 2.36. The van der Waals surface area contributed by atoms with Crippen molar-refractivity contribution >= 4 is 24.2 Å². The van der Waals surface area contributed by atoms with E-state index in [1.807, 2.05) is 24.3 Å². The minimum atomic E-state index is -0.716. The Balaban J connectivity index is 2.26. The highest BCUT2D eigenvalue weighted by atomic mass is 32.1. The van der Waals surface area contributed by atoms with E-state index >= 15 is 0 Å². The van der Waals surface area contributed by atoms with E-state index in [2.05, 4.69) is 17.9 Å². The molecule has 1 heterocycles. The fraction of sp³-hybridized carbons (Fsp3) is 0.238. The first-order chi connectivity index (χ1) is 14.5. The second-order valence-electron chi connectivity index (χ2n) is 6.19. The number of ether oxygens (including phenoxy) is 4. The van der Waals surface area contributed by atoms with Crippen LogP contribution in [0.1, 0.15) is 11.7 Å². The van der Waals surface area contributed by atoms with E-state index in [1.54, 1.807) is 30.2 Å². The van der Waals surface area contributed by atoms with Crippen molar-refractivity contribution in [2.75, 3.05) is 33.3 Å². The third-order valence-corrected chi connectivity index (χ3v) is 5.10. The van der Waals surface area contributed by atoms with Crippen LogP contribution in [0.25, 0.3) is 0 Å². The molecule has 0 saturated carbocycles. The van der Waals surface area contributed by atoms with Gasteiger partial charge in [0.05, 0.1) is 39.2 Å². The molecule has 156 valence electrons. The molecular formula is C21H21N3O5S. The molecule has 0 saturated heterocycles. The van der Waals surface area contributed by atoms with Crippen molar-refractivity contribution in [1.29, 1.82) is 5.26 Å². The molecule has 1 aliphatic rings. The van der Waals surface area contributed by atoms with Gasteiger partial charge in [-0.05, 0) is 24.3 Å². The van der Waals surface area contributed by atoms with Crippen LogP contribution in [0.15, 0.2) is 47.0 Å². The monoisotopic (exact) mass is 427 g/mol. The SMILES string of the molecule is COc1ccccc1N1C(S)=C(C#N)C(=O)NC1c1cc(OC)c(OC)c(OC)c1. The van der Waals surface area contributed by atoms with Crippen molar-refractivity contribution < 1.29 is 23.7 Å². The van der Waals surface area contributed by atoms with Crippen LogP contribution in [0.3, 0.4) is 0 Å². The largest absolute Gasteiger partial charge is 0.495 e. The minimum Gasteiger partial charge on any atom is -0.495 e. The van der Waals surface area contributed by atoms with Gasteiger partial charge in [-0.3, -0.25) is 4.79 Å². The van der Waals surface area contributed by atoms with Crippen LogP contribution in [0.2, 0.25) is 0 Å². The Kier molecular flexibility index (Phi) is 6.28. The first-order valence-corrected chi connectivity index (χ1v) is 9.31. The van der Waals surface area contributed by atoms with E-state index < -0.39 is 12.1 Å². The van der Waals surface area contributed by atoms with Crippen LogP contribution in [-0.4, -0.2) is 34.3 Å². The Hall–Kier alpha value is -3.51. The smallest absolute Gasteiger partial charge is 0.266 e. The second kappa shape index (κ2) is 8.88. The Bertz CT molecular complexity index is 1020. The third-order valence-electron chi connectivity index (χ3n) is 4.66. The van der Waals surface area contributed by atoms with Gasteiger partial charge >= 0.3 is 0 Å². The predicted molar refractivity (Wildman–Crippen MR) is 114 cm³/mol. The maximum Gasteiger partial charge on any atom is 0.266 e. The van der Waals surface area contributed by atoms with Gasteiger partial charge in [-0.25, -0.2) is 0 Å². The van der Waals surface area contributed by atoms with E-state index in [4.69, 9.17) is 18.9 Å². The maximum atomic E-state index is 12.6. The minimum absolute atomic E-state index is 0.104. The lowest BCUT2D eigenvalue weighted by molar-refractivity contribution is -0.118. The molecule has 1 atom stereocenters. The summed E-state index contributed by atoms with van der Waals surface area (Å²) in [4.78, 5) is 14.3. The lowest BCUT2D eigenvalue weighted by Crippen LogP contribution is -2.46. The average molecular weight is 427 g/mol. The van der Waals surface area contributed by atoms with Gasteiger partial charge in [-0.1, -0.05) is 12.1 Å². The van der Waals surface area contributed by atoms with Crippen LogP contribution in [0, 0.1) is 11.3 Å². The molecule has 0 spiro atoms. The number of hydrogen-bond acceptors (Lipinski definition) is 8. The van der Waals surface area contributed by atoms with Gasteiger partial charge in [0.1, 0.15) is 23.6 Å². The predicted octanol–water partition coefficient (Wildman–Crippen LogP) is 3.02. The van der Waals surface area contributed by atoms with Crippen LogP contribution >= 0.6 is 12.6 Å². The number of methoxy groups -OCH3 is 4. The lowest BCUT2D eigenvalue weighted by atomic mass is 10.1. The maximum absolute atomic E-state index is 12.6. The normalized spacial score (nSPS) is 15.9. The number of anilines is 1. The number of amides is 1. The first-order valence-electron chi connectivity index (χ1n) is 8.87. The fourth-order valence-electron chi connectivity index (χ4n) is 3.28. The molecule has 3 rings (SSSR count). The molecule has 1 unspecified atom stereocenters. The molecule has 1 N–H and O–H groups in total. The molecule has 0 fully saturated rings. The van der Waals surface area contributed by atoms with Crippen molar-refractivity contribution in [2.45, 2.75) is 6.17 Å². The van der Waals surface area contributed by atoms with Gasteiger partial charge in [-0.15, -0.1) is 12.6 Å². The first kappa shape index (κ1) is 21.2. The van der Waals surface area contributed by atoms with Crippen molar-refractivity contribution in [2.24, 2.45) is 0 Å². The van der Waals surface area contributed by atoms with Gasteiger partial charge in [0.25, 0.3) is 5.91 Å². The van der Waals surface area contributed by atoms with Gasteiger partial charge in [0.15, 0.2) is 11.5 Å². The summed E-state index contributed by atoms with van der Waals surface area (Å²) in [6, 6.07) is 12.6. The number of carbonyl (C=O) groups is 1. The highest BCUT2D eigenvalue weighted by Crippen LogP contribution is 2.44. The standard InChI is InChI=1S/C21H21N3O5S/c1-26-15-8-6-5-7-14(15)24-19(23-20(25)13(11-22)21(24)30)12-9-16(27-2)18(29-4)17(10-12)28-3/h5-10,19,30H,1-4H3,(H,23,25). The molecule has 0 aliphatic carbocycles. The molecule has 1 amide bonds. The zero-order valence-electron chi connectivity index (χ0n) is 16.9. The van der Waals surface area contributed by atoms with Crippen LogP contribution in [0.5, 0.6) is 23.0 Å². The Morgan fingerprint density at radius 1 is 1.00 bits per heavy atom. The molecule has 8 nitrogen and oxygen atoms in total. The number of para-hydroxylation sites is 2. The molecule has 0 radical (unpaired) electrons. The van der Waals surface area contributed by atoms with E-state index in [-0.39, 0.29) is 10.6 Å². The third kappa shape index (κ3) is 3.57. The average Bonchev–Trinajstić information content (AvgIpc) is 2.77. The molecule has 2 aromatic carbocycles. The van der Waals surface area contributed by atoms with Crippen molar-refractivity contribution in [3.8, 4) is 29.1 Å².